The summed E-state index contributed by atoms with van der Waals surface area (Å²) in [6.45, 7) is 7.30. The van der Waals surface area contributed by atoms with Crippen molar-refractivity contribution < 1.29 is 19.0 Å². The molecule has 1 heterocycles. The van der Waals surface area contributed by atoms with Gasteiger partial charge in [0.2, 0.25) is 0 Å². The van der Waals surface area contributed by atoms with E-state index in [0.717, 1.165) is 0 Å². The largest absolute Gasteiger partial charge is 0.450 e. The molecule has 0 amide bonds. The summed E-state index contributed by atoms with van der Waals surface area (Å²) in [5.74, 6) is 0.143. The second-order valence-corrected chi connectivity index (χ2v) is 4.68. The van der Waals surface area contributed by atoms with Crippen LogP contribution in [0.1, 0.15) is 13.8 Å². The second-order valence-electron chi connectivity index (χ2n) is 3.68. The molecule has 2 unspecified atom stereocenters. The minimum Gasteiger partial charge on any atom is -0.450 e. The molecule has 0 spiro atoms. The molecule has 15 heavy (non-hydrogen) atoms. The SMILES string of the molecule is C=C(C)C(=O)OC1(C)COCSC1OC. The molecule has 0 radical (unpaired) electrons. The summed E-state index contributed by atoms with van der Waals surface area (Å²) in [7, 11) is 1.59. The van der Waals surface area contributed by atoms with Crippen LogP contribution in [0.3, 0.4) is 0 Å². The summed E-state index contributed by atoms with van der Waals surface area (Å²) in [6, 6.07) is 0. The van der Waals surface area contributed by atoms with Crippen molar-refractivity contribution in [3.05, 3.63) is 12.2 Å². The third-order valence-electron chi connectivity index (χ3n) is 2.08. The van der Waals surface area contributed by atoms with Crippen LogP contribution in [0.4, 0.5) is 0 Å². The monoisotopic (exact) mass is 232 g/mol. The van der Waals surface area contributed by atoms with Crippen molar-refractivity contribution in [2.75, 3.05) is 19.7 Å². The van der Waals surface area contributed by atoms with Gasteiger partial charge in [-0.1, -0.05) is 18.3 Å². The first-order valence-corrected chi connectivity index (χ1v) is 5.65. The molecule has 1 rings (SSSR count). The minimum atomic E-state index is -0.742. The van der Waals surface area contributed by atoms with E-state index in [2.05, 4.69) is 6.58 Å². The first-order chi connectivity index (χ1) is 6.99. The van der Waals surface area contributed by atoms with Crippen LogP contribution in [0.2, 0.25) is 0 Å². The van der Waals surface area contributed by atoms with Crippen molar-refractivity contribution in [3.63, 3.8) is 0 Å². The highest BCUT2D eigenvalue weighted by atomic mass is 32.2. The predicted octanol–water partition coefficient (Wildman–Crippen LogP) is 1.56. The molecule has 1 aliphatic heterocycles. The number of thioether (sulfide) groups is 1. The summed E-state index contributed by atoms with van der Waals surface area (Å²) in [5, 5.41) is 0. The highest BCUT2D eigenvalue weighted by Gasteiger charge is 2.42. The van der Waals surface area contributed by atoms with Gasteiger partial charge in [0.1, 0.15) is 5.44 Å². The van der Waals surface area contributed by atoms with Gasteiger partial charge < -0.3 is 14.2 Å². The summed E-state index contributed by atoms with van der Waals surface area (Å²) in [6.07, 6.45) is 0. The van der Waals surface area contributed by atoms with Crippen molar-refractivity contribution in [2.45, 2.75) is 24.9 Å². The summed E-state index contributed by atoms with van der Waals surface area (Å²) in [5.41, 5.74) is -0.565. The zero-order valence-corrected chi connectivity index (χ0v) is 10.1. The fourth-order valence-corrected chi connectivity index (χ4v) is 2.20. The number of ether oxygens (including phenoxy) is 3. The Morgan fingerprint density at radius 2 is 2.33 bits per heavy atom. The van der Waals surface area contributed by atoms with Crippen LogP contribution in [-0.2, 0) is 19.0 Å². The van der Waals surface area contributed by atoms with E-state index in [1.54, 1.807) is 21.0 Å². The van der Waals surface area contributed by atoms with E-state index in [4.69, 9.17) is 14.2 Å². The third kappa shape index (κ3) is 2.96. The Balaban J connectivity index is 2.69. The standard InChI is InChI=1S/C10H16O4S/c1-7(2)8(11)14-10(3)5-13-6-15-9(10)12-4/h9H,1,5-6H2,2-4H3. The van der Waals surface area contributed by atoms with E-state index in [0.29, 0.717) is 18.1 Å². The van der Waals surface area contributed by atoms with E-state index >= 15 is 0 Å². The number of rotatable bonds is 3. The zero-order chi connectivity index (χ0) is 11.5. The lowest BCUT2D eigenvalue weighted by Gasteiger charge is -2.38. The van der Waals surface area contributed by atoms with E-state index < -0.39 is 11.6 Å². The fourth-order valence-electron chi connectivity index (χ4n) is 1.29. The maximum atomic E-state index is 11.4. The average molecular weight is 232 g/mol. The number of carbonyl (C=O) groups is 1. The second kappa shape index (κ2) is 5.01. The molecule has 0 aliphatic carbocycles. The molecule has 0 bridgehead atoms. The van der Waals surface area contributed by atoms with E-state index in [9.17, 15) is 4.79 Å². The van der Waals surface area contributed by atoms with Crippen LogP contribution >= 0.6 is 11.8 Å². The molecule has 0 N–H and O–H groups in total. The van der Waals surface area contributed by atoms with Gasteiger partial charge in [0.05, 0.1) is 12.5 Å². The smallest absolute Gasteiger partial charge is 0.333 e. The lowest BCUT2D eigenvalue weighted by molar-refractivity contribution is -0.171. The Kier molecular flexibility index (Phi) is 4.19. The molecule has 0 aromatic heterocycles. The third-order valence-corrected chi connectivity index (χ3v) is 3.37. The number of hydrogen-bond donors (Lipinski definition) is 0. The maximum absolute atomic E-state index is 11.4. The summed E-state index contributed by atoms with van der Waals surface area (Å²) < 4.78 is 15.9. The van der Waals surface area contributed by atoms with E-state index in [1.165, 1.54) is 11.8 Å². The molecule has 0 aromatic rings. The number of carbonyl (C=O) groups excluding carboxylic acids is 1. The first-order valence-electron chi connectivity index (χ1n) is 4.60. The van der Waals surface area contributed by atoms with E-state index in [-0.39, 0.29) is 5.44 Å². The number of hydrogen-bond acceptors (Lipinski definition) is 5. The van der Waals surface area contributed by atoms with Crippen molar-refractivity contribution in [2.24, 2.45) is 0 Å². The Bertz CT molecular complexity index is 266. The molecule has 2 atom stereocenters. The molecular formula is C10H16O4S. The normalized spacial score (nSPS) is 31.0. The molecule has 0 saturated carbocycles. The summed E-state index contributed by atoms with van der Waals surface area (Å²) >= 11 is 1.47. The Labute approximate surface area is 94.0 Å². The quantitative estimate of drug-likeness (QED) is 0.546. The van der Waals surface area contributed by atoms with Gasteiger partial charge in [-0.25, -0.2) is 4.79 Å². The van der Waals surface area contributed by atoms with Gasteiger partial charge in [0.15, 0.2) is 5.60 Å². The molecule has 1 aliphatic rings. The van der Waals surface area contributed by atoms with Gasteiger partial charge in [-0.3, -0.25) is 0 Å². The maximum Gasteiger partial charge on any atom is 0.333 e. The summed E-state index contributed by atoms with van der Waals surface area (Å²) in [4.78, 5) is 11.4. The number of methoxy groups -OCH3 is 1. The molecular weight excluding hydrogens is 216 g/mol. The lowest BCUT2D eigenvalue weighted by atomic mass is 10.1. The van der Waals surface area contributed by atoms with Crippen molar-refractivity contribution in [3.8, 4) is 0 Å². The van der Waals surface area contributed by atoms with Crippen LogP contribution in [0.25, 0.3) is 0 Å². The average Bonchev–Trinajstić information content (AvgIpc) is 2.17. The van der Waals surface area contributed by atoms with Crippen LogP contribution in [-0.4, -0.2) is 36.7 Å². The first kappa shape index (κ1) is 12.5. The Morgan fingerprint density at radius 3 is 2.87 bits per heavy atom. The molecule has 1 saturated heterocycles. The van der Waals surface area contributed by atoms with Gasteiger partial charge >= 0.3 is 5.97 Å². The van der Waals surface area contributed by atoms with Crippen LogP contribution in [0.5, 0.6) is 0 Å². The van der Waals surface area contributed by atoms with Crippen molar-refractivity contribution in [1.82, 2.24) is 0 Å². The molecule has 4 nitrogen and oxygen atoms in total. The Morgan fingerprint density at radius 1 is 1.67 bits per heavy atom. The van der Waals surface area contributed by atoms with Gasteiger partial charge in [-0.05, 0) is 13.8 Å². The van der Waals surface area contributed by atoms with Crippen LogP contribution in [0, 0.1) is 0 Å². The predicted molar refractivity (Wildman–Crippen MR) is 58.5 cm³/mol. The van der Waals surface area contributed by atoms with Crippen molar-refractivity contribution in [1.29, 1.82) is 0 Å². The van der Waals surface area contributed by atoms with Gasteiger partial charge in [-0.15, -0.1) is 0 Å². The number of esters is 1. The molecule has 5 heteroatoms. The zero-order valence-electron chi connectivity index (χ0n) is 9.24. The fraction of sp³-hybridized carbons (Fsp3) is 0.700. The van der Waals surface area contributed by atoms with Crippen LogP contribution < -0.4 is 0 Å². The minimum absolute atomic E-state index is 0.199. The van der Waals surface area contributed by atoms with Crippen LogP contribution in [0.15, 0.2) is 12.2 Å². The highest BCUT2D eigenvalue weighted by Crippen LogP contribution is 2.33. The van der Waals surface area contributed by atoms with Gasteiger partial charge in [-0.2, -0.15) is 0 Å². The highest BCUT2D eigenvalue weighted by molar-refractivity contribution is 7.99. The van der Waals surface area contributed by atoms with Gasteiger partial charge in [0.25, 0.3) is 0 Å². The van der Waals surface area contributed by atoms with Crippen molar-refractivity contribution >= 4 is 17.7 Å². The molecule has 1 fully saturated rings. The lowest BCUT2D eigenvalue weighted by Crippen LogP contribution is -2.49. The molecule has 86 valence electrons. The molecule has 0 aromatic carbocycles. The van der Waals surface area contributed by atoms with Gasteiger partial charge in [0, 0.05) is 12.7 Å². The topological polar surface area (TPSA) is 44.8 Å². The Hall–Kier alpha value is -0.520. The van der Waals surface area contributed by atoms with E-state index in [1.807, 2.05) is 0 Å².